The summed E-state index contributed by atoms with van der Waals surface area (Å²) in [4.78, 5) is 12.3. The smallest absolute Gasteiger partial charge is 0.247 e. The molecule has 23 heavy (non-hydrogen) atoms. The number of nitriles is 1. The van der Waals surface area contributed by atoms with Crippen LogP contribution in [0.1, 0.15) is 11.3 Å². The van der Waals surface area contributed by atoms with Crippen LogP contribution >= 0.6 is 0 Å². The van der Waals surface area contributed by atoms with Gasteiger partial charge in [0.15, 0.2) is 5.82 Å². The van der Waals surface area contributed by atoms with Crippen molar-refractivity contribution in [3.05, 3.63) is 60.0 Å². The second-order valence-corrected chi connectivity index (χ2v) is 4.94. The molecule has 0 atom stereocenters. The minimum Gasteiger partial charge on any atom is -0.308 e. The number of carbonyl (C=O) groups excluding carboxylic acids is 1. The number of aromatic nitrogens is 4. The maximum atomic E-state index is 12.3. The normalized spacial score (nSPS) is 10.3. The molecular weight excluding hydrogens is 292 g/mol. The Balaban J connectivity index is 1.87. The third-order valence-electron chi connectivity index (χ3n) is 3.37. The van der Waals surface area contributed by atoms with E-state index in [0.29, 0.717) is 11.4 Å². The van der Waals surface area contributed by atoms with E-state index in [2.05, 4.69) is 15.5 Å². The molecule has 0 unspecified atom stereocenters. The van der Waals surface area contributed by atoms with Crippen LogP contribution in [0.5, 0.6) is 0 Å². The Morgan fingerprint density at radius 3 is 2.70 bits per heavy atom. The third-order valence-corrected chi connectivity index (χ3v) is 3.37. The lowest BCUT2D eigenvalue weighted by Crippen LogP contribution is -2.22. The Labute approximate surface area is 132 Å². The van der Waals surface area contributed by atoms with E-state index < -0.39 is 0 Å². The molecule has 1 amide bonds. The average molecular weight is 306 g/mol. The summed E-state index contributed by atoms with van der Waals surface area (Å²) >= 11 is 0. The Kier molecular flexibility index (Phi) is 3.89. The zero-order chi connectivity index (χ0) is 16.2. The lowest BCUT2D eigenvalue weighted by atomic mass is 10.3. The molecule has 0 fully saturated rings. The highest BCUT2D eigenvalue weighted by atomic mass is 16.2. The van der Waals surface area contributed by atoms with Gasteiger partial charge in [-0.2, -0.15) is 15.5 Å². The van der Waals surface area contributed by atoms with Gasteiger partial charge in [0.1, 0.15) is 18.2 Å². The van der Waals surface area contributed by atoms with E-state index in [4.69, 9.17) is 0 Å². The van der Waals surface area contributed by atoms with Crippen LogP contribution in [0.15, 0.2) is 48.8 Å². The number of carbonyl (C=O) groups is 1. The number of amides is 1. The van der Waals surface area contributed by atoms with Crippen molar-refractivity contribution in [2.24, 2.45) is 0 Å². The molecular formula is C16H14N6O. The highest BCUT2D eigenvalue weighted by Crippen LogP contribution is 2.19. The fourth-order valence-corrected chi connectivity index (χ4v) is 2.19. The van der Waals surface area contributed by atoms with Crippen LogP contribution in [0, 0.1) is 18.3 Å². The van der Waals surface area contributed by atoms with E-state index in [1.807, 2.05) is 49.4 Å². The maximum Gasteiger partial charge on any atom is 0.247 e. The minimum atomic E-state index is -0.272. The molecule has 0 saturated heterocycles. The molecule has 114 valence electrons. The van der Waals surface area contributed by atoms with Gasteiger partial charge < -0.3 is 5.32 Å². The summed E-state index contributed by atoms with van der Waals surface area (Å²) in [6.07, 6.45) is 3.07. The molecule has 2 heterocycles. The number of nitrogens with zero attached hydrogens (tertiary/aromatic N) is 5. The van der Waals surface area contributed by atoms with Crippen molar-refractivity contribution in [3.63, 3.8) is 0 Å². The SMILES string of the molecule is Cc1ccnn1CC(=O)Nc1c(C#N)cnn1-c1ccccc1. The first-order valence-electron chi connectivity index (χ1n) is 7.01. The van der Waals surface area contributed by atoms with Crippen LogP contribution in [0.3, 0.4) is 0 Å². The summed E-state index contributed by atoms with van der Waals surface area (Å²) in [6.45, 7) is 1.94. The van der Waals surface area contributed by atoms with E-state index >= 15 is 0 Å². The molecule has 0 aliphatic rings. The molecule has 2 aromatic heterocycles. The molecule has 7 nitrogen and oxygen atoms in total. The first kappa shape index (κ1) is 14.5. The van der Waals surface area contributed by atoms with E-state index in [-0.39, 0.29) is 12.5 Å². The number of nitrogens with one attached hydrogen (secondary N) is 1. The minimum absolute atomic E-state index is 0.0731. The average Bonchev–Trinajstić information content (AvgIpc) is 3.15. The molecule has 1 N–H and O–H groups in total. The highest BCUT2D eigenvalue weighted by Gasteiger charge is 2.15. The van der Waals surface area contributed by atoms with E-state index in [1.54, 1.807) is 10.9 Å². The molecule has 0 bridgehead atoms. The second-order valence-electron chi connectivity index (χ2n) is 4.94. The van der Waals surface area contributed by atoms with Crippen molar-refractivity contribution in [1.29, 1.82) is 5.26 Å². The first-order valence-corrected chi connectivity index (χ1v) is 7.01. The van der Waals surface area contributed by atoms with Crippen molar-refractivity contribution in [2.75, 3.05) is 5.32 Å². The van der Waals surface area contributed by atoms with E-state index in [1.165, 1.54) is 10.9 Å². The number of rotatable bonds is 4. The zero-order valence-electron chi connectivity index (χ0n) is 12.5. The second kappa shape index (κ2) is 6.15. The number of hydrogen-bond donors (Lipinski definition) is 1. The van der Waals surface area contributed by atoms with Crippen molar-refractivity contribution >= 4 is 11.7 Å². The molecule has 0 radical (unpaired) electrons. The Morgan fingerprint density at radius 1 is 1.26 bits per heavy atom. The van der Waals surface area contributed by atoms with Gasteiger partial charge in [0.25, 0.3) is 0 Å². The summed E-state index contributed by atoms with van der Waals surface area (Å²) in [5.41, 5.74) is 1.95. The van der Waals surface area contributed by atoms with Gasteiger partial charge in [-0.05, 0) is 25.1 Å². The Hall–Kier alpha value is -3.40. The first-order chi connectivity index (χ1) is 11.2. The summed E-state index contributed by atoms with van der Waals surface area (Å²) in [5.74, 6) is 0.0829. The topological polar surface area (TPSA) is 88.5 Å². The lowest BCUT2D eigenvalue weighted by Gasteiger charge is -2.10. The van der Waals surface area contributed by atoms with Gasteiger partial charge in [-0.25, -0.2) is 4.68 Å². The molecule has 0 spiro atoms. The summed E-state index contributed by atoms with van der Waals surface area (Å²) in [7, 11) is 0. The van der Waals surface area contributed by atoms with Crippen molar-refractivity contribution in [3.8, 4) is 11.8 Å². The number of hydrogen-bond acceptors (Lipinski definition) is 4. The summed E-state index contributed by atoms with van der Waals surface area (Å²) < 4.78 is 3.12. The Bertz CT molecular complexity index is 872. The molecule has 0 aliphatic carbocycles. The molecule has 3 rings (SSSR count). The van der Waals surface area contributed by atoms with Crippen LogP contribution in [-0.4, -0.2) is 25.5 Å². The molecule has 7 heteroatoms. The van der Waals surface area contributed by atoms with Crippen LogP contribution in [0.4, 0.5) is 5.82 Å². The number of para-hydroxylation sites is 1. The highest BCUT2D eigenvalue weighted by molar-refractivity contribution is 5.91. The van der Waals surface area contributed by atoms with Gasteiger partial charge in [0.05, 0.1) is 11.9 Å². The lowest BCUT2D eigenvalue weighted by molar-refractivity contribution is -0.117. The molecule has 0 aliphatic heterocycles. The van der Waals surface area contributed by atoms with Gasteiger partial charge in [-0.15, -0.1) is 0 Å². The van der Waals surface area contributed by atoms with Gasteiger partial charge in [-0.1, -0.05) is 18.2 Å². The van der Waals surface area contributed by atoms with Gasteiger partial charge in [-0.3, -0.25) is 9.48 Å². The predicted molar refractivity (Wildman–Crippen MR) is 83.9 cm³/mol. The van der Waals surface area contributed by atoms with Crippen LogP contribution < -0.4 is 5.32 Å². The van der Waals surface area contributed by atoms with Gasteiger partial charge >= 0.3 is 0 Å². The molecule has 0 saturated carbocycles. The number of aryl methyl sites for hydroxylation is 1. The van der Waals surface area contributed by atoms with Crippen molar-refractivity contribution in [2.45, 2.75) is 13.5 Å². The number of benzene rings is 1. The summed E-state index contributed by atoms with van der Waals surface area (Å²) in [6, 6.07) is 13.2. The number of anilines is 1. The summed E-state index contributed by atoms with van der Waals surface area (Å²) in [5, 5.41) is 20.2. The van der Waals surface area contributed by atoms with Crippen molar-refractivity contribution < 1.29 is 4.79 Å². The van der Waals surface area contributed by atoms with Crippen LogP contribution in [-0.2, 0) is 11.3 Å². The quantitative estimate of drug-likeness (QED) is 0.797. The standard InChI is InChI=1S/C16H14N6O/c1-12-7-8-18-21(12)11-15(23)20-16-13(9-17)10-19-22(16)14-5-3-2-4-6-14/h2-8,10H,11H2,1H3,(H,20,23). The third kappa shape index (κ3) is 2.96. The predicted octanol–water partition coefficient (Wildman–Crippen LogP) is 1.89. The maximum absolute atomic E-state index is 12.3. The zero-order valence-corrected chi connectivity index (χ0v) is 12.5. The monoisotopic (exact) mass is 306 g/mol. The van der Waals surface area contributed by atoms with E-state index in [0.717, 1.165) is 11.4 Å². The Morgan fingerprint density at radius 2 is 2.04 bits per heavy atom. The van der Waals surface area contributed by atoms with Crippen molar-refractivity contribution in [1.82, 2.24) is 19.6 Å². The largest absolute Gasteiger partial charge is 0.308 e. The fourth-order valence-electron chi connectivity index (χ4n) is 2.19. The van der Waals surface area contributed by atoms with Gasteiger partial charge in [0.2, 0.25) is 5.91 Å². The van der Waals surface area contributed by atoms with E-state index in [9.17, 15) is 10.1 Å². The fraction of sp³-hybridized carbons (Fsp3) is 0.125. The molecule has 1 aromatic carbocycles. The van der Waals surface area contributed by atoms with Gasteiger partial charge in [0, 0.05) is 11.9 Å². The van der Waals surface area contributed by atoms with Crippen LogP contribution in [0.2, 0.25) is 0 Å². The van der Waals surface area contributed by atoms with Crippen LogP contribution in [0.25, 0.3) is 5.69 Å². The molecule has 3 aromatic rings.